The summed E-state index contributed by atoms with van der Waals surface area (Å²) in [5.74, 6) is 1.10. The van der Waals surface area contributed by atoms with Crippen molar-refractivity contribution in [1.29, 1.82) is 0 Å². The zero-order valence-electron chi connectivity index (χ0n) is 15.5. The van der Waals surface area contributed by atoms with E-state index in [1.807, 2.05) is 37.3 Å². The molecule has 144 valence electrons. The Morgan fingerprint density at radius 1 is 1.19 bits per heavy atom. The molecule has 1 fully saturated rings. The summed E-state index contributed by atoms with van der Waals surface area (Å²) in [6.07, 6.45) is 3.85. The molecular weight excluding hydrogens is 368 g/mol. The maximum atomic E-state index is 12.5. The Morgan fingerprint density at radius 3 is 2.46 bits per heavy atom. The average molecular weight is 397 g/mol. The molecule has 1 saturated heterocycles. The predicted molar refractivity (Wildman–Crippen MR) is 109 cm³/mol. The highest BCUT2D eigenvalue weighted by Crippen LogP contribution is 2.18. The standard InChI is InChI=1S/C19H28N2O3S2/c1-3-4-15-25-17(2)19(22)20-11-13-21(14-12-20)26(23,24)16-10-18-8-6-5-7-9-18/h5-10,16-17H,3-4,11-15H2,1-2H3/b16-10+. The summed E-state index contributed by atoms with van der Waals surface area (Å²) in [5, 5.41) is 1.19. The summed E-state index contributed by atoms with van der Waals surface area (Å²) < 4.78 is 26.4. The number of sulfonamides is 1. The molecule has 0 N–H and O–H groups in total. The fraction of sp³-hybridized carbons (Fsp3) is 0.526. The number of thioether (sulfide) groups is 1. The van der Waals surface area contributed by atoms with Crippen LogP contribution in [-0.4, -0.2) is 60.7 Å². The van der Waals surface area contributed by atoms with Gasteiger partial charge >= 0.3 is 0 Å². The van der Waals surface area contributed by atoms with Crippen LogP contribution in [0.2, 0.25) is 0 Å². The van der Waals surface area contributed by atoms with Crippen molar-refractivity contribution < 1.29 is 13.2 Å². The lowest BCUT2D eigenvalue weighted by Gasteiger charge is -2.34. The number of piperazine rings is 1. The van der Waals surface area contributed by atoms with Gasteiger partial charge in [-0.3, -0.25) is 4.79 Å². The highest BCUT2D eigenvalue weighted by molar-refractivity contribution is 8.00. The lowest BCUT2D eigenvalue weighted by atomic mass is 10.2. The van der Waals surface area contributed by atoms with Crippen molar-refractivity contribution in [3.63, 3.8) is 0 Å². The number of hydrogen-bond donors (Lipinski definition) is 0. The summed E-state index contributed by atoms with van der Waals surface area (Å²) in [4.78, 5) is 14.3. The van der Waals surface area contributed by atoms with Gasteiger partial charge in [-0.15, -0.1) is 11.8 Å². The number of rotatable bonds is 8. The Kier molecular flexibility index (Phi) is 8.18. The first-order valence-corrected chi connectivity index (χ1v) is 11.6. The third kappa shape index (κ3) is 6.14. The number of carbonyl (C=O) groups is 1. The minimum Gasteiger partial charge on any atom is -0.339 e. The number of hydrogen-bond acceptors (Lipinski definition) is 4. The van der Waals surface area contributed by atoms with Crippen molar-refractivity contribution in [1.82, 2.24) is 9.21 Å². The SMILES string of the molecule is CCCCSC(C)C(=O)N1CCN(S(=O)(=O)/C=C/c2ccccc2)CC1. The molecular formula is C19H28N2O3S2. The van der Waals surface area contributed by atoms with Crippen LogP contribution in [0, 0.1) is 0 Å². The summed E-state index contributed by atoms with van der Waals surface area (Å²) in [5.41, 5.74) is 0.850. The predicted octanol–water partition coefficient (Wildman–Crippen LogP) is 3.05. The molecule has 26 heavy (non-hydrogen) atoms. The Labute approximate surface area is 161 Å². The first-order valence-electron chi connectivity index (χ1n) is 9.07. The van der Waals surface area contributed by atoms with E-state index in [1.54, 1.807) is 22.7 Å². The zero-order valence-corrected chi connectivity index (χ0v) is 17.1. The van der Waals surface area contributed by atoms with Gasteiger partial charge in [-0.25, -0.2) is 8.42 Å². The van der Waals surface area contributed by atoms with Gasteiger partial charge in [-0.1, -0.05) is 43.7 Å². The van der Waals surface area contributed by atoms with Gasteiger partial charge in [-0.05, 0) is 30.7 Å². The van der Waals surface area contributed by atoms with E-state index in [0.29, 0.717) is 26.2 Å². The Balaban J connectivity index is 1.87. The number of nitrogens with zero attached hydrogens (tertiary/aromatic N) is 2. The zero-order chi connectivity index (χ0) is 19.0. The van der Waals surface area contributed by atoms with Crippen molar-refractivity contribution >= 4 is 33.8 Å². The van der Waals surface area contributed by atoms with Gasteiger partial charge in [0.25, 0.3) is 0 Å². The highest BCUT2D eigenvalue weighted by Gasteiger charge is 2.29. The van der Waals surface area contributed by atoms with E-state index in [4.69, 9.17) is 0 Å². The third-order valence-electron chi connectivity index (χ3n) is 4.36. The van der Waals surface area contributed by atoms with Crippen LogP contribution >= 0.6 is 11.8 Å². The maximum absolute atomic E-state index is 12.5. The van der Waals surface area contributed by atoms with Gasteiger partial charge in [0.1, 0.15) is 0 Å². The second kappa shape index (κ2) is 10.1. The minimum absolute atomic E-state index is 0.0670. The van der Waals surface area contributed by atoms with Crippen LogP contribution in [0.4, 0.5) is 0 Å². The lowest BCUT2D eigenvalue weighted by molar-refractivity contribution is -0.131. The Hall–Kier alpha value is -1.31. The molecule has 1 unspecified atom stereocenters. The molecule has 0 radical (unpaired) electrons. The quantitative estimate of drug-likeness (QED) is 0.634. The molecule has 0 aliphatic carbocycles. The highest BCUT2D eigenvalue weighted by atomic mass is 32.2. The van der Waals surface area contributed by atoms with Crippen LogP contribution in [-0.2, 0) is 14.8 Å². The molecule has 7 heteroatoms. The van der Waals surface area contributed by atoms with Crippen molar-refractivity contribution in [2.24, 2.45) is 0 Å². The summed E-state index contributed by atoms with van der Waals surface area (Å²) in [6, 6.07) is 9.36. The Bertz CT molecular complexity index is 697. The number of amides is 1. The first-order chi connectivity index (χ1) is 12.4. The Morgan fingerprint density at radius 2 is 1.85 bits per heavy atom. The van der Waals surface area contributed by atoms with E-state index < -0.39 is 10.0 Å². The molecule has 1 aliphatic heterocycles. The molecule has 0 saturated carbocycles. The van der Waals surface area contributed by atoms with Gasteiger partial charge in [0.2, 0.25) is 15.9 Å². The van der Waals surface area contributed by atoms with E-state index in [1.165, 1.54) is 9.71 Å². The second-order valence-electron chi connectivity index (χ2n) is 6.35. The van der Waals surface area contributed by atoms with Crippen LogP contribution in [0.15, 0.2) is 35.7 Å². The van der Waals surface area contributed by atoms with E-state index in [0.717, 1.165) is 24.2 Å². The molecule has 2 rings (SSSR count). The van der Waals surface area contributed by atoms with E-state index in [9.17, 15) is 13.2 Å². The monoisotopic (exact) mass is 396 g/mol. The second-order valence-corrected chi connectivity index (χ2v) is 9.62. The topological polar surface area (TPSA) is 57.7 Å². The molecule has 1 heterocycles. The minimum atomic E-state index is -3.46. The van der Waals surface area contributed by atoms with Crippen molar-refractivity contribution in [3.05, 3.63) is 41.3 Å². The molecule has 0 aromatic heterocycles. The maximum Gasteiger partial charge on any atom is 0.236 e. The fourth-order valence-corrected chi connectivity index (χ4v) is 4.98. The summed E-state index contributed by atoms with van der Waals surface area (Å²) >= 11 is 1.68. The molecule has 1 aliphatic rings. The van der Waals surface area contributed by atoms with Crippen LogP contribution in [0.25, 0.3) is 6.08 Å². The normalized spacial score (nSPS) is 17.5. The van der Waals surface area contributed by atoms with Gasteiger partial charge < -0.3 is 4.90 Å². The molecule has 1 amide bonds. The number of unbranched alkanes of at least 4 members (excludes halogenated alkanes) is 1. The van der Waals surface area contributed by atoms with Gasteiger partial charge in [0, 0.05) is 31.6 Å². The van der Waals surface area contributed by atoms with Crippen LogP contribution < -0.4 is 0 Å². The van der Waals surface area contributed by atoms with Gasteiger partial charge in [0.15, 0.2) is 0 Å². The van der Waals surface area contributed by atoms with E-state index >= 15 is 0 Å². The third-order valence-corrected chi connectivity index (χ3v) is 7.15. The first kappa shape index (κ1) is 21.0. The molecule has 0 spiro atoms. The fourth-order valence-electron chi connectivity index (χ4n) is 2.71. The molecule has 1 atom stereocenters. The van der Waals surface area contributed by atoms with E-state index in [-0.39, 0.29) is 11.2 Å². The lowest BCUT2D eigenvalue weighted by Crippen LogP contribution is -2.51. The van der Waals surface area contributed by atoms with Gasteiger partial charge in [-0.2, -0.15) is 4.31 Å². The van der Waals surface area contributed by atoms with Crippen molar-refractivity contribution in [3.8, 4) is 0 Å². The van der Waals surface area contributed by atoms with Crippen molar-refractivity contribution in [2.45, 2.75) is 31.9 Å². The molecule has 0 bridgehead atoms. The summed E-state index contributed by atoms with van der Waals surface area (Å²) in [7, 11) is -3.46. The molecule has 1 aromatic carbocycles. The number of carbonyl (C=O) groups excluding carboxylic acids is 1. The number of benzene rings is 1. The van der Waals surface area contributed by atoms with Gasteiger partial charge in [0.05, 0.1) is 5.25 Å². The average Bonchev–Trinajstić information content (AvgIpc) is 2.67. The van der Waals surface area contributed by atoms with Crippen molar-refractivity contribution in [2.75, 3.05) is 31.9 Å². The smallest absolute Gasteiger partial charge is 0.236 e. The largest absolute Gasteiger partial charge is 0.339 e. The van der Waals surface area contributed by atoms with Crippen LogP contribution in [0.5, 0.6) is 0 Å². The van der Waals surface area contributed by atoms with Crippen LogP contribution in [0.1, 0.15) is 32.3 Å². The van der Waals surface area contributed by atoms with Crippen LogP contribution in [0.3, 0.4) is 0 Å². The molecule has 5 nitrogen and oxygen atoms in total. The molecule has 1 aromatic rings. The van der Waals surface area contributed by atoms with E-state index in [2.05, 4.69) is 6.92 Å². The summed E-state index contributed by atoms with van der Waals surface area (Å²) in [6.45, 7) is 5.68.